The highest BCUT2D eigenvalue weighted by Gasteiger charge is 2.26. The van der Waals surface area contributed by atoms with Crippen molar-refractivity contribution in [1.82, 2.24) is 10.2 Å². The lowest BCUT2D eigenvalue weighted by molar-refractivity contribution is -0.126. The third-order valence-corrected chi connectivity index (χ3v) is 4.36. The number of carbonyl (C=O) groups excluding carboxylic acids is 1. The van der Waals surface area contributed by atoms with Crippen LogP contribution in [0.4, 0.5) is 0 Å². The summed E-state index contributed by atoms with van der Waals surface area (Å²) in [6, 6.07) is 8.70. The van der Waals surface area contributed by atoms with E-state index in [0.717, 1.165) is 36.9 Å². The van der Waals surface area contributed by atoms with Gasteiger partial charge in [0.2, 0.25) is 5.91 Å². The third-order valence-electron chi connectivity index (χ3n) is 3.83. The molecule has 1 saturated heterocycles. The van der Waals surface area contributed by atoms with Gasteiger partial charge in [0, 0.05) is 30.1 Å². The zero-order chi connectivity index (χ0) is 15.5. The molecule has 0 bridgehead atoms. The normalized spacial score (nSPS) is 16.2. The molecule has 1 fully saturated rings. The number of benzene rings is 1. The smallest absolute Gasteiger partial charge is 0.239 e. The summed E-state index contributed by atoms with van der Waals surface area (Å²) in [6.07, 6.45) is 1.97. The number of likely N-dealkylation sites (tertiary alicyclic amines) is 1. The van der Waals surface area contributed by atoms with Crippen molar-refractivity contribution in [2.75, 3.05) is 13.1 Å². The van der Waals surface area contributed by atoms with Gasteiger partial charge in [-0.05, 0) is 44.4 Å². The van der Waals surface area contributed by atoms with Crippen molar-refractivity contribution in [1.29, 1.82) is 0 Å². The molecule has 2 rings (SSSR count). The van der Waals surface area contributed by atoms with Crippen molar-refractivity contribution in [3.05, 3.63) is 34.3 Å². The number of piperidine rings is 1. The van der Waals surface area contributed by atoms with Gasteiger partial charge in [0.05, 0.1) is 5.54 Å². The Bertz CT molecular complexity index is 483. The van der Waals surface area contributed by atoms with E-state index in [4.69, 9.17) is 5.73 Å². The highest BCUT2D eigenvalue weighted by molar-refractivity contribution is 9.10. The van der Waals surface area contributed by atoms with Crippen LogP contribution >= 0.6 is 40.7 Å². The van der Waals surface area contributed by atoms with Crippen molar-refractivity contribution in [3.8, 4) is 0 Å². The van der Waals surface area contributed by atoms with Gasteiger partial charge in [0.15, 0.2) is 0 Å². The minimum atomic E-state index is -0.797. The maximum absolute atomic E-state index is 11.9. The van der Waals surface area contributed by atoms with Gasteiger partial charge < -0.3 is 11.1 Å². The maximum atomic E-state index is 11.9. The number of carbonyl (C=O) groups is 1. The number of halogens is 3. The minimum absolute atomic E-state index is 0. The van der Waals surface area contributed by atoms with Gasteiger partial charge in [-0.3, -0.25) is 9.69 Å². The van der Waals surface area contributed by atoms with E-state index in [2.05, 4.69) is 50.4 Å². The van der Waals surface area contributed by atoms with Crippen molar-refractivity contribution < 1.29 is 4.79 Å². The molecule has 132 valence electrons. The van der Waals surface area contributed by atoms with Crippen LogP contribution in [0.25, 0.3) is 0 Å². The molecule has 3 N–H and O–H groups in total. The lowest BCUT2D eigenvalue weighted by Gasteiger charge is -2.33. The lowest BCUT2D eigenvalue weighted by atomic mass is 10.0. The Kier molecular flexibility index (Phi) is 9.70. The highest BCUT2D eigenvalue weighted by atomic mass is 79.9. The highest BCUT2D eigenvalue weighted by Crippen LogP contribution is 2.16. The van der Waals surface area contributed by atoms with Crippen LogP contribution in [0.2, 0.25) is 0 Å². The molecule has 1 aromatic carbocycles. The minimum Gasteiger partial charge on any atom is -0.352 e. The van der Waals surface area contributed by atoms with Gasteiger partial charge in [-0.1, -0.05) is 28.1 Å². The Labute approximate surface area is 159 Å². The van der Waals surface area contributed by atoms with E-state index in [9.17, 15) is 4.79 Å². The summed E-state index contributed by atoms with van der Waals surface area (Å²) in [5.41, 5.74) is 6.34. The largest absolute Gasteiger partial charge is 0.352 e. The van der Waals surface area contributed by atoms with Crippen molar-refractivity contribution in [2.24, 2.45) is 5.73 Å². The monoisotopic (exact) mass is 425 g/mol. The maximum Gasteiger partial charge on any atom is 0.239 e. The van der Waals surface area contributed by atoms with Crippen LogP contribution in [0.1, 0.15) is 32.3 Å². The van der Waals surface area contributed by atoms with Crippen LogP contribution in [0, 0.1) is 0 Å². The second-order valence-electron chi connectivity index (χ2n) is 6.37. The van der Waals surface area contributed by atoms with Gasteiger partial charge in [-0.25, -0.2) is 0 Å². The summed E-state index contributed by atoms with van der Waals surface area (Å²) in [5, 5.41) is 3.05. The summed E-state index contributed by atoms with van der Waals surface area (Å²) in [5.74, 6) is -0.0612. The summed E-state index contributed by atoms with van der Waals surface area (Å²) >= 11 is 3.45. The molecule has 23 heavy (non-hydrogen) atoms. The van der Waals surface area contributed by atoms with Gasteiger partial charge in [-0.15, -0.1) is 24.8 Å². The molecule has 1 aromatic rings. The van der Waals surface area contributed by atoms with Crippen LogP contribution in [0.5, 0.6) is 0 Å². The first-order valence-electron chi connectivity index (χ1n) is 7.41. The van der Waals surface area contributed by atoms with E-state index < -0.39 is 5.54 Å². The molecule has 0 spiro atoms. The predicted molar refractivity (Wildman–Crippen MR) is 103 cm³/mol. The second-order valence-corrected chi connectivity index (χ2v) is 7.29. The molecule has 1 amide bonds. The van der Waals surface area contributed by atoms with Crippen LogP contribution in [-0.4, -0.2) is 35.5 Å². The van der Waals surface area contributed by atoms with E-state index in [-0.39, 0.29) is 36.8 Å². The number of nitrogens with zero attached hydrogens (tertiary/aromatic N) is 1. The summed E-state index contributed by atoms with van der Waals surface area (Å²) in [6.45, 7) is 6.46. The standard InChI is InChI=1S/C16H24BrN3O.2ClH/c1-16(2,18)15(21)19-14-7-9-20(10-8-14)11-12-3-5-13(17)6-4-12;;/h3-6,14H,7-11,18H2,1-2H3,(H,19,21);2*1H. The molecular weight excluding hydrogens is 401 g/mol. The summed E-state index contributed by atoms with van der Waals surface area (Å²) < 4.78 is 1.11. The fourth-order valence-corrected chi connectivity index (χ4v) is 2.72. The van der Waals surface area contributed by atoms with Gasteiger partial charge >= 0.3 is 0 Å². The van der Waals surface area contributed by atoms with Crippen molar-refractivity contribution in [2.45, 2.75) is 44.8 Å². The first-order chi connectivity index (χ1) is 9.84. The first-order valence-corrected chi connectivity index (χ1v) is 8.20. The fraction of sp³-hybridized carbons (Fsp3) is 0.562. The zero-order valence-electron chi connectivity index (χ0n) is 13.5. The first kappa shape index (κ1) is 22.7. The van der Waals surface area contributed by atoms with E-state index in [1.165, 1.54) is 5.56 Å². The van der Waals surface area contributed by atoms with E-state index >= 15 is 0 Å². The molecule has 0 saturated carbocycles. The Hall–Kier alpha value is -0.330. The Morgan fingerprint density at radius 3 is 2.26 bits per heavy atom. The van der Waals surface area contributed by atoms with Gasteiger partial charge in [0.1, 0.15) is 0 Å². The van der Waals surface area contributed by atoms with Crippen LogP contribution in [-0.2, 0) is 11.3 Å². The molecule has 0 aliphatic carbocycles. The SMILES string of the molecule is CC(C)(N)C(=O)NC1CCN(Cc2ccc(Br)cc2)CC1.Cl.Cl. The van der Waals surface area contributed by atoms with Gasteiger partial charge in [-0.2, -0.15) is 0 Å². The van der Waals surface area contributed by atoms with E-state index in [1.807, 2.05) is 0 Å². The number of amides is 1. The van der Waals surface area contributed by atoms with Crippen LogP contribution in [0.3, 0.4) is 0 Å². The molecule has 0 unspecified atom stereocenters. The zero-order valence-corrected chi connectivity index (χ0v) is 16.8. The van der Waals surface area contributed by atoms with Crippen LogP contribution in [0.15, 0.2) is 28.7 Å². The molecule has 1 aliphatic heterocycles. The number of nitrogens with two attached hydrogens (primary N) is 1. The molecular formula is C16H26BrCl2N3O. The second kappa shape index (κ2) is 9.84. The van der Waals surface area contributed by atoms with E-state index in [1.54, 1.807) is 13.8 Å². The average molecular weight is 427 g/mol. The predicted octanol–water partition coefficient (Wildman–Crippen LogP) is 3.11. The van der Waals surface area contributed by atoms with Crippen molar-refractivity contribution >= 4 is 46.7 Å². The summed E-state index contributed by atoms with van der Waals surface area (Å²) in [4.78, 5) is 14.3. The van der Waals surface area contributed by atoms with Crippen LogP contribution < -0.4 is 11.1 Å². The van der Waals surface area contributed by atoms with E-state index in [0.29, 0.717) is 0 Å². The molecule has 1 aliphatic rings. The molecule has 0 aromatic heterocycles. The Morgan fingerprint density at radius 2 is 1.78 bits per heavy atom. The number of rotatable bonds is 4. The number of nitrogens with one attached hydrogen (secondary N) is 1. The Balaban J connectivity index is 0.00000242. The fourth-order valence-electron chi connectivity index (χ4n) is 2.45. The molecule has 1 heterocycles. The molecule has 0 radical (unpaired) electrons. The summed E-state index contributed by atoms with van der Waals surface area (Å²) in [7, 11) is 0. The topological polar surface area (TPSA) is 58.4 Å². The quantitative estimate of drug-likeness (QED) is 0.777. The van der Waals surface area contributed by atoms with Gasteiger partial charge in [0.25, 0.3) is 0 Å². The lowest BCUT2D eigenvalue weighted by Crippen LogP contribution is -2.54. The number of hydrogen-bond donors (Lipinski definition) is 2. The third kappa shape index (κ3) is 7.40. The Morgan fingerprint density at radius 1 is 1.26 bits per heavy atom. The molecule has 7 heteroatoms. The molecule has 0 atom stereocenters. The van der Waals surface area contributed by atoms with Crippen molar-refractivity contribution in [3.63, 3.8) is 0 Å². The molecule has 4 nitrogen and oxygen atoms in total. The average Bonchev–Trinajstić information content (AvgIpc) is 2.42. The number of hydrogen-bond acceptors (Lipinski definition) is 3.